The van der Waals surface area contributed by atoms with E-state index in [0.29, 0.717) is 22.5 Å². The molecule has 0 unspecified atom stereocenters. The number of amides is 2. The number of nitrogens with zero attached hydrogens (tertiary/aromatic N) is 1. The van der Waals surface area contributed by atoms with Crippen LogP contribution in [0, 0.1) is 5.82 Å². The fraction of sp³-hybridized carbons (Fsp3) is 0.0385. The van der Waals surface area contributed by atoms with Gasteiger partial charge < -0.3 is 10.6 Å². The number of hydrogen-bond donors (Lipinski definition) is 2. The summed E-state index contributed by atoms with van der Waals surface area (Å²) in [5.41, 5.74) is 2.79. The number of rotatable bonds is 6. The largest absolute Gasteiger partial charge is 0.340 e. The van der Waals surface area contributed by atoms with E-state index in [2.05, 4.69) is 15.6 Å². The summed E-state index contributed by atoms with van der Waals surface area (Å²) in [6.07, 6.45) is 1.68. The van der Waals surface area contributed by atoms with Gasteiger partial charge in [-0.05, 0) is 60.2 Å². The molecule has 0 aliphatic carbocycles. The standard InChI is InChI=1S/C26H20FN3O2/c27-21-14-12-19(13-15-21)25(31)29-22-10-6-9-20(17-22)26(32)30-24(18-7-2-1-3-8-18)23-11-4-5-16-28-23/h1-17,24H,(H,29,31)(H,30,32)/t24-/m0/s1. The van der Waals surface area contributed by atoms with E-state index < -0.39 is 17.8 Å². The van der Waals surface area contributed by atoms with Gasteiger partial charge in [0, 0.05) is 23.0 Å². The molecule has 32 heavy (non-hydrogen) atoms. The minimum atomic E-state index is -0.428. The average Bonchev–Trinajstić information content (AvgIpc) is 2.84. The van der Waals surface area contributed by atoms with E-state index in [0.717, 1.165) is 5.56 Å². The van der Waals surface area contributed by atoms with Gasteiger partial charge in [0.05, 0.1) is 11.7 Å². The number of nitrogens with one attached hydrogen (secondary N) is 2. The molecule has 0 aliphatic heterocycles. The summed E-state index contributed by atoms with van der Waals surface area (Å²) in [6, 6.07) is 26.6. The van der Waals surface area contributed by atoms with Crippen molar-refractivity contribution >= 4 is 17.5 Å². The SMILES string of the molecule is O=C(Nc1cccc(C(=O)N[C@@H](c2ccccc2)c2ccccn2)c1)c1ccc(F)cc1. The van der Waals surface area contributed by atoms with E-state index in [1.807, 2.05) is 48.5 Å². The molecule has 0 bridgehead atoms. The summed E-state index contributed by atoms with van der Waals surface area (Å²) in [5, 5.41) is 5.76. The highest BCUT2D eigenvalue weighted by molar-refractivity contribution is 6.05. The molecule has 0 spiro atoms. The van der Waals surface area contributed by atoms with E-state index in [-0.39, 0.29) is 5.91 Å². The van der Waals surface area contributed by atoms with E-state index in [9.17, 15) is 14.0 Å². The van der Waals surface area contributed by atoms with Crippen LogP contribution < -0.4 is 10.6 Å². The number of hydrogen-bond acceptors (Lipinski definition) is 3. The van der Waals surface area contributed by atoms with Crippen LogP contribution in [0.3, 0.4) is 0 Å². The molecule has 1 aromatic heterocycles. The Bertz CT molecular complexity index is 1170. The number of pyridine rings is 1. The third-order valence-electron chi connectivity index (χ3n) is 4.88. The molecule has 0 aliphatic rings. The van der Waals surface area contributed by atoms with Gasteiger partial charge in [0.15, 0.2) is 0 Å². The molecule has 4 rings (SSSR count). The number of carbonyl (C=O) groups is 2. The van der Waals surface area contributed by atoms with Crippen molar-refractivity contribution in [3.8, 4) is 0 Å². The van der Waals surface area contributed by atoms with E-state index in [1.165, 1.54) is 24.3 Å². The lowest BCUT2D eigenvalue weighted by atomic mass is 10.0. The molecule has 0 saturated heterocycles. The average molecular weight is 425 g/mol. The topological polar surface area (TPSA) is 71.1 Å². The maximum Gasteiger partial charge on any atom is 0.255 e. The molecular weight excluding hydrogens is 405 g/mol. The third-order valence-corrected chi connectivity index (χ3v) is 4.88. The predicted molar refractivity (Wildman–Crippen MR) is 121 cm³/mol. The second-order valence-electron chi connectivity index (χ2n) is 7.11. The van der Waals surface area contributed by atoms with Crippen molar-refractivity contribution in [2.75, 3.05) is 5.32 Å². The molecule has 3 aromatic carbocycles. The van der Waals surface area contributed by atoms with E-state index in [1.54, 1.807) is 30.5 Å². The first-order chi connectivity index (χ1) is 15.6. The fourth-order valence-electron chi connectivity index (χ4n) is 3.28. The van der Waals surface area contributed by atoms with Gasteiger partial charge in [0.25, 0.3) is 11.8 Å². The van der Waals surface area contributed by atoms with Gasteiger partial charge >= 0.3 is 0 Å². The summed E-state index contributed by atoms with van der Waals surface area (Å²) >= 11 is 0. The summed E-state index contributed by atoms with van der Waals surface area (Å²) < 4.78 is 13.1. The minimum Gasteiger partial charge on any atom is -0.340 e. The van der Waals surface area contributed by atoms with Gasteiger partial charge in [0.2, 0.25) is 0 Å². The molecule has 0 fully saturated rings. The van der Waals surface area contributed by atoms with Crippen molar-refractivity contribution in [1.82, 2.24) is 10.3 Å². The van der Waals surface area contributed by atoms with Crippen LogP contribution >= 0.6 is 0 Å². The first-order valence-electron chi connectivity index (χ1n) is 10.0. The molecule has 2 N–H and O–H groups in total. The van der Waals surface area contributed by atoms with Gasteiger partial charge in [-0.3, -0.25) is 14.6 Å². The van der Waals surface area contributed by atoms with Gasteiger partial charge in [-0.2, -0.15) is 0 Å². The summed E-state index contributed by atoms with van der Waals surface area (Å²) in [6.45, 7) is 0. The van der Waals surface area contributed by atoms with Crippen LogP contribution in [0.25, 0.3) is 0 Å². The van der Waals surface area contributed by atoms with Crippen molar-refractivity contribution in [1.29, 1.82) is 0 Å². The quantitative estimate of drug-likeness (QED) is 0.457. The summed E-state index contributed by atoms with van der Waals surface area (Å²) in [4.78, 5) is 29.9. The van der Waals surface area contributed by atoms with E-state index >= 15 is 0 Å². The van der Waals surface area contributed by atoms with Gasteiger partial charge in [-0.15, -0.1) is 0 Å². The number of halogens is 1. The zero-order chi connectivity index (χ0) is 22.3. The maximum absolute atomic E-state index is 13.1. The molecule has 1 atom stereocenters. The molecule has 0 radical (unpaired) electrons. The van der Waals surface area contributed by atoms with Crippen LogP contribution in [-0.2, 0) is 0 Å². The van der Waals surface area contributed by atoms with Gasteiger partial charge in [-0.25, -0.2) is 4.39 Å². The third kappa shape index (κ3) is 5.05. The number of aromatic nitrogens is 1. The van der Waals surface area contributed by atoms with E-state index in [4.69, 9.17) is 0 Å². The zero-order valence-corrected chi connectivity index (χ0v) is 17.0. The summed E-state index contributed by atoms with van der Waals surface area (Å²) in [5.74, 6) is -1.11. The fourth-order valence-corrected chi connectivity index (χ4v) is 3.28. The Morgan fingerprint density at radius 2 is 1.50 bits per heavy atom. The second-order valence-corrected chi connectivity index (χ2v) is 7.11. The highest BCUT2D eigenvalue weighted by Gasteiger charge is 2.19. The highest BCUT2D eigenvalue weighted by atomic mass is 19.1. The monoisotopic (exact) mass is 425 g/mol. The Balaban J connectivity index is 1.53. The first-order valence-corrected chi connectivity index (χ1v) is 10.0. The molecule has 0 saturated carbocycles. The molecule has 4 aromatic rings. The normalized spacial score (nSPS) is 11.4. The molecule has 158 valence electrons. The Kier molecular flexibility index (Phi) is 6.32. The lowest BCUT2D eigenvalue weighted by Gasteiger charge is -2.19. The molecule has 6 heteroatoms. The Morgan fingerprint density at radius 1 is 0.750 bits per heavy atom. The van der Waals surface area contributed by atoms with Crippen LogP contribution in [0.4, 0.5) is 10.1 Å². The minimum absolute atomic E-state index is 0.303. The first kappa shape index (κ1) is 20.9. The molecule has 5 nitrogen and oxygen atoms in total. The Morgan fingerprint density at radius 3 is 2.22 bits per heavy atom. The smallest absolute Gasteiger partial charge is 0.255 e. The van der Waals surface area contributed by atoms with Crippen LogP contribution in [0.1, 0.15) is 38.0 Å². The van der Waals surface area contributed by atoms with Gasteiger partial charge in [0.1, 0.15) is 5.82 Å². The molecular formula is C26H20FN3O2. The van der Waals surface area contributed by atoms with Crippen molar-refractivity contribution in [3.63, 3.8) is 0 Å². The molecule has 2 amide bonds. The maximum atomic E-state index is 13.1. The molecule has 1 heterocycles. The lowest BCUT2D eigenvalue weighted by molar-refractivity contribution is 0.0941. The van der Waals surface area contributed by atoms with Crippen LogP contribution in [0.2, 0.25) is 0 Å². The van der Waals surface area contributed by atoms with Crippen LogP contribution in [0.15, 0.2) is 103 Å². The van der Waals surface area contributed by atoms with Crippen molar-refractivity contribution < 1.29 is 14.0 Å². The Hall–Kier alpha value is -4.32. The van der Waals surface area contributed by atoms with Crippen molar-refractivity contribution in [2.24, 2.45) is 0 Å². The van der Waals surface area contributed by atoms with Crippen LogP contribution in [0.5, 0.6) is 0 Å². The number of anilines is 1. The highest BCUT2D eigenvalue weighted by Crippen LogP contribution is 2.21. The zero-order valence-electron chi connectivity index (χ0n) is 17.0. The number of benzene rings is 3. The van der Waals surface area contributed by atoms with Crippen molar-refractivity contribution in [2.45, 2.75) is 6.04 Å². The second kappa shape index (κ2) is 9.66. The van der Waals surface area contributed by atoms with Gasteiger partial charge in [-0.1, -0.05) is 42.5 Å². The summed E-state index contributed by atoms with van der Waals surface area (Å²) in [7, 11) is 0. The Labute approximate surface area is 185 Å². The predicted octanol–water partition coefficient (Wildman–Crippen LogP) is 4.99. The lowest BCUT2D eigenvalue weighted by Crippen LogP contribution is -2.30. The number of carbonyl (C=O) groups excluding carboxylic acids is 2. The van der Waals surface area contributed by atoms with Crippen LogP contribution in [-0.4, -0.2) is 16.8 Å². The van der Waals surface area contributed by atoms with Crippen molar-refractivity contribution in [3.05, 3.63) is 131 Å².